The van der Waals surface area contributed by atoms with Crippen molar-refractivity contribution >= 4 is 11.9 Å². The molecule has 3 N–H and O–H groups in total. The van der Waals surface area contributed by atoms with Gasteiger partial charge in [0.25, 0.3) is 0 Å². The molecule has 2 rings (SSSR count). The Bertz CT molecular complexity index is 396. The van der Waals surface area contributed by atoms with Gasteiger partial charge in [0.1, 0.15) is 6.61 Å². The molecule has 1 fully saturated rings. The molecular weight excluding hydrogens is 208 g/mol. The van der Waals surface area contributed by atoms with Crippen molar-refractivity contribution < 1.29 is 9.90 Å². The Morgan fingerprint density at radius 2 is 2.50 bits per heavy atom. The lowest BCUT2D eigenvalue weighted by Crippen LogP contribution is -2.30. The molecule has 6 heteroatoms. The zero-order valence-electron chi connectivity index (χ0n) is 8.83. The van der Waals surface area contributed by atoms with E-state index < -0.39 is 6.61 Å². The molecule has 6 nitrogen and oxygen atoms in total. The summed E-state index contributed by atoms with van der Waals surface area (Å²) in [7, 11) is 0. The normalized spacial score (nSPS) is 20.1. The molecule has 2 heterocycles. The number of rotatable bonds is 2. The zero-order chi connectivity index (χ0) is 11.5. The van der Waals surface area contributed by atoms with Gasteiger partial charge in [0.2, 0.25) is 11.9 Å². The van der Waals surface area contributed by atoms with Gasteiger partial charge in [-0.05, 0) is 12.5 Å². The summed E-state index contributed by atoms with van der Waals surface area (Å²) in [5.41, 5.74) is 6.37. The van der Waals surface area contributed by atoms with Crippen LogP contribution in [0.5, 0.6) is 0 Å². The maximum absolute atomic E-state index is 11.3. The van der Waals surface area contributed by atoms with Crippen LogP contribution in [0.2, 0.25) is 0 Å². The molecule has 1 saturated heterocycles. The molecule has 0 radical (unpaired) electrons. The van der Waals surface area contributed by atoms with Gasteiger partial charge in [-0.15, -0.1) is 0 Å². The van der Waals surface area contributed by atoms with E-state index in [1.54, 1.807) is 11.1 Å². The number of carbonyl (C=O) groups is 1. The van der Waals surface area contributed by atoms with E-state index in [1.165, 1.54) is 0 Å². The third kappa shape index (κ3) is 2.11. The Morgan fingerprint density at radius 1 is 1.69 bits per heavy atom. The summed E-state index contributed by atoms with van der Waals surface area (Å²) < 4.78 is 0. The molecule has 1 aliphatic heterocycles. The number of nitrogen functional groups attached to an aromatic ring is 1. The van der Waals surface area contributed by atoms with E-state index in [1.807, 2.05) is 6.07 Å². The van der Waals surface area contributed by atoms with E-state index in [-0.39, 0.29) is 17.8 Å². The van der Waals surface area contributed by atoms with Gasteiger partial charge in [0.05, 0.1) is 5.69 Å². The van der Waals surface area contributed by atoms with Crippen molar-refractivity contribution in [2.75, 3.05) is 25.4 Å². The standard InChI is InChI=1S/C10H14N4O2/c11-10-12-3-1-8(13-10)7-2-4-14(5-7)9(16)6-15/h1,3,7,15H,2,4-6H2,(H2,11,12,13). The smallest absolute Gasteiger partial charge is 0.248 e. The average Bonchev–Trinajstić information content (AvgIpc) is 2.77. The van der Waals surface area contributed by atoms with Gasteiger partial charge in [-0.2, -0.15) is 0 Å². The van der Waals surface area contributed by atoms with Crippen molar-refractivity contribution in [1.82, 2.24) is 14.9 Å². The lowest BCUT2D eigenvalue weighted by molar-refractivity contribution is -0.133. The van der Waals surface area contributed by atoms with Crippen LogP contribution in [-0.4, -0.2) is 45.6 Å². The van der Waals surface area contributed by atoms with Crippen LogP contribution in [0.4, 0.5) is 5.95 Å². The highest BCUT2D eigenvalue weighted by Gasteiger charge is 2.27. The van der Waals surface area contributed by atoms with Crippen LogP contribution < -0.4 is 5.73 Å². The molecule has 0 spiro atoms. The first-order valence-electron chi connectivity index (χ1n) is 5.17. The minimum absolute atomic E-state index is 0.195. The van der Waals surface area contributed by atoms with Gasteiger partial charge in [0, 0.05) is 25.2 Å². The Labute approximate surface area is 93.1 Å². The first-order valence-corrected chi connectivity index (χ1v) is 5.17. The molecule has 1 aromatic heterocycles. The summed E-state index contributed by atoms with van der Waals surface area (Å²) in [6.07, 6.45) is 2.47. The van der Waals surface area contributed by atoms with E-state index in [4.69, 9.17) is 10.8 Å². The van der Waals surface area contributed by atoms with E-state index in [0.717, 1.165) is 12.1 Å². The van der Waals surface area contributed by atoms with Crippen molar-refractivity contribution in [3.8, 4) is 0 Å². The Hall–Kier alpha value is -1.69. The molecule has 0 bridgehead atoms. The molecule has 0 saturated carbocycles. The molecule has 1 amide bonds. The third-order valence-electron chi connectivity index (χ3n) is 2.79. The number of aliphatic hydroxyl groups excluding tert-OH is 1. The lowest BCUT2D eigenvalue weighted by atomic mass is 10.1. The fourth-order valence-electron chi connectivity index (χ4n) is 1.94. The van der Waals surface area contributed by atoms with Gasteiger partial charge in [0.15, 0.2) is 0 Å². The fraction of sp³-hybridized carbons (Fsp3) is 0.500. The Morgan fingerprint density at radius 3 is 3.19 bits per heavy atom. The van der Waals surface area contributed by atoms with Crippen molar-refractivity contribution in [2.45, 2.75) is 12.3 Å². The largest absolute Gasteiger partial charge is 0.387 e. The quantitative estimate of drug-likeness (QED) is 0.694. The number of amides is 1. The van der Waals surface area contributed by atoms with Crippen LogP contribution in [0.25, 0.3) is 0 Å². The highest BCUT2D eigenvalue weighted by Crippen LogP contribution is 2.25. The summed E-state index contributed by atoms with van der Waals surface area (Å²) in [6.45, 7) is 0.822. The Balaban J connectivity index is 2.06. The number of anilines is 1. The van der Waals surface area contributed by atoms with Gasteiger partial charge in [-0.3, -0.25) is 4.79 Å². The SMILES string of the molecule is Nc1nccc(C2CCN(C(=O)CO)C2)n1. The van der Waals surface area contributed by atoms with Gasteiger partial charge in [-0.25, -0.2) is 9.97 Å². The number of hydrogen-bond acceptors (Lipinski definition) is 5. The predicted octanol–water partition coefficient (Wildman–Crippen LogP) is -0.633. The second-order valence-corrected chi connectivity index (χ2v) is 3.82. The van der Waals surface area contributed by atoms with Crippen molar-refractivity contribution in [1.29, 1.82) is 0 Å². The average molecular weight is 222 g/mol. The van der Waals surface area contributed by atoms with Crippen LogP contribution in [-0.2, 0) is 4.79 Å². The van der Waals surface area contributed by atoms with Crippen molar-refractivity contribution in [3.05, 3.63) is 18.0 Å². The molecule has 1 aliphatic rings. The van der Waals surface area contributed by atoms with Gasteiger partial charge < -0.3 is 15.7 Å². The van der Waals surface area contributed by atoms with E-state index in [0.29, 0.717) is 13.1 Å². The number of nitrogens with zero attached hydrogens (tertiary/aromatic N) is 3. The van der Waals surface area contributed by atoms with E-state index >= 15 is 0 Å². The number of nitrogens with two attached hydrogens (primary N) is 1. The van der Waals surface area contributed by atoms with Gasteiger partial charge >= 0.3 is 0 Å². The molecular formula is C10H14N4O2. The fourth-order valence-corrected chi connectivity index (χ4v) is 1.94. The molecule has 0 aromatic carbocycles. The highest BCUT2D eigenvalue weighted by atomic mass is 16.3. The minimum Gasteiger partial charge on any atom is -0.387 e. The number of carbonyl (C=O) groups excluding carboxylic acids is 1. The van der Waals surface area contributed by atoms with E-state index in [9.17, 15) is 4.79 Å². The number of aromatic nitrogens is 2. The number of hydrogen-bond donors (Lipinski definition) is 2. The molecule has 1 atom stereocenters. The second kappa shape index (κ2) is 4.44. The molecule has 86 valence electrons. The molecule has 1 aromatic rings. The minimum atomic E-state index is -0.432. The van der Waals surface area contributed by atoms with Crippen molar-refractivity contribution in [2.24, 2.45) is 0 Å². The van der Waals surface area contributed by atoms with Crippen LogP contribution in [0.3, 0.4) is 0 Å². The summed E-state index contributed by atoms with van der Waals surface area (Å²) in [6, 6.07) is 1.81. The van der Waals surface area contributed by atoms with Gasteiger partial charge in [-0.1, -0.05) is 0 Å². The number of likely N-dealkylation sites (tertiary alicyclic amines) is 1. The monoisotopic (exact) mass is 222 g/mol. The summed E-state index contributed by atoms with van der Waals surface area (Å²) >= 11 is 0. The highest BCUT2D eigenvalue weighted by molar-refractivity contribution is 5.77. The molecule has 0 aliphatic carbocycles. The maximum Gasteiger partial charge on any atom is 0.248 e. The first-order chi connectivity index (χ1) is 7.70. The number of aliphatic hydroxyl groups is 1. The van der Waals surface area contributed by atoms with Crippen LogP contribution in [0.1, 0.15) is 18.0 Å². The van der Waals surface area contributed by atoms with Crippen LogP contribution >= 0.6 is 0 Å². The Kier molecular flexibility index (Phi) is 3.00. The topological polar surface area (TPSA) is 92.3 Å². The first kappa shape index (κ1) is 10.8. The lowest BCUT2D eigenvalue weighted by Gasteiger charge is -2.14. The molecule has 1 unspecified atom stereocenters. The zero-order valence-corrected chi connectivity index (χ0v) is 8.83. The van der Waals surface area contributed by atoms with E-state index in [2.05, 4.69) is 9.97 Å². The maximum atomic E-state index is 11.3. The third-order valence-corrected chi connectivity index (χ3v) is 2.79. The van der Waals surface area contributed by atoms with Crippen LogP contribution in [0, 0.1) is 0 Å². The summed E-state index contributed by atoms with van der Waals surface area (Å²) in [4.78, 5) is 20.9. The summed E-state index contributed by atoms with van der Waals surface area (Å²) in [5.74, 6) is 0.217. The summed E-state index contributed by atoms with van der Waals surface area (Å²) in [5, 5.41) is 8.76. The predicted molar refractivity (Wildman–Crippen MR) is 57.5 cm³/mol. The van der Waals surface area contributed by atoms with Crippen molar-refractivity contribution in [3.63, 3.8) is 0 Å². The second-order valence-electron chi connectivity index (χ2n) is 3.82. The van der Waals surface area contributed by atoms with Crippen LogP contribution in [0.15, 0.2) is 12.3 Å². The molecule has 16 heavy (non-hydrogen) atoms.